The summed E-state index contributed by atoms with van der Waals surface area (Å²) in [6, 6.07) is 49.4. The van der Waals surface area contributed by atoms with Gasteiger partial charge in [0.1, 0.15) is 17.2 Å². The number of aryl methyl sites for hydroxylation is 2. The second-order valence-electron chi connectivity index (χ2n) is 17.3. The number of aliphatic hydroxyl groups excluding tert-OH is 1. The van der Waals surface area contributed by atoms with Crippen LogP contribution in [-0.4, -0.2) is 65.8 Å². The van der Waals surface area contributed by atoms with Gasteiger partial charge < -0.3 is 31.7 Å². The number of nitrogens with zero attached hydrogens (tertiary/aromatic N) is 7. The first-order chi connectivity index (χ1) is 36.5. The van der Waals surface area contributed by atoms with Gasteiger partial charge in [0.2, 0.25) is 0 Å². The molecule has 3 aromatic heterocycles. The van der Waals surface area contributed by atoms with E-state index in [1.54, 1.807) is 68.7 Å². The Morgan fingerprint density at radius 2 is 0.947 bits per heavy atom. The molecule has 0 radical (unpaired) electrons. The molecule has 1 saturated heterocycles. The number of hydrogen-bond donors (Lipinski definition) is 5. The van der Waals surface area contributed by atoms with Crippen molar-refractivity contribution in [2.24, 2.45) is 0 Å². The van der Waals surface area contributed by atoms with Crippen LogP contribution >= 0.6 is 0 Å². The predicted octanol–water partition coefficient (Wildman–Crippen LogP) is 12.7. The molecule has 0 saturated carbocycles. The molecule has 0 unspecified atom stereocenters. The van der Waals surface area contributed by atoms with Gasteiger partial charge in [-0.1, -0.05) is 103 Å². The van der Waals surface area contributed by atoms with E-state index in [4.69, 9.17) is 10.8 Å². The first-order valence-corrected chi connectivity index (χ1v) is 24.2. The zero-order valence-electron chi connectivity index (χ0n) is 41.3. The molecule has 6 aromatic carbocycles. The number of nitrogen functional groups attached to an aromatic ring is 1. The molecule has 16 heteroatoms. The van der Waals surface area contributed by atoms with Gasteiger partial charge in [-0.25, -0.2) is 24.3 Å². The molecular formula is C59H68FN11O4. The topological polar surface area (TPSA) is 214 Å². The van der Waals surface area contributed by atoms with Crippen LogP contribution in [0.4, 0.5) is 33.0 Å². The molecule has 3 amide bonds. The Morgan fingerprint density at radius 1 is 0.533 bits per heavy atom. The largest absolute Gasteiger partial charge is 0.392 e. The van der Waals surface area contributed by atoms with Gasteiger partial charge in [-0.3, -0.25) is 24.4 Å². The predicted molar refractivity (Wildman–Crippen MR) is 306 cm³/mol. The highest BCUT2D eigenvalue weighted by atomic mass is 19.1. The van der Waals surface area contributed by atoms with Crippen LogP contribution in [0.5, 0.6) is 0 Å². The Hall–Kier alpha value is -9.54. The van der Waals surface area contributed by atoms with E-state index in [1.807, 2.05) is 91.0 Å². The van der Waals surface area contributed by atoms with E-state index in [-0.39, 0.29) is 51.2 Å². The summed E-state index contributed by atoms with van der Waals surface area (Å²) < 4.78 is 13.9. The zero-order chi connectivity index (χ0) is 52.5. The lowest BCUT2D eigenvalue weighted by Gasteiger charge is -2.28. The minimum Gasteiger partial charge on any atom is -0.392 e. The Labute approximate surface area is 444 Å². The van der Waals surface area contributed by atoms with Gasteiger partial charge in [0.05, 0.1) is 53.7 Å². The summed E-state index contributed by atoms with van der Waals surface area (Å²) in [5.41, 5.74) is 15.3. The van der Waals surface area contributed by atoms with Crippen LogP contribution in [0.2, 0.25) is 0 Å². The number of amides is 3. The molecule has 0 atom stereocenters. The number of piperidine rings is 1. The zero-order valence-corrected chi connectivity index (χ0v) is 41.3. The average Bonchev–Trinajstić information content (AvgIpc) is 3.53. The summed E-state index contributed by atoms with van der Waals surface area (Å²) in [5.74, 6) is -1.50. The lowest BCUT2D eigenvalue weighted by atomic mass is 10.1. The Balaban J connectivity index is 0.000000593. The van der Waals surface area contributed by atoms with Crippen molar-refractivity contribution in [1.29, 1.82) is 0 Å². The van der Waals surface area contributed by atoms with Crippen molar-refractivity contribution in [3.63, 3.8) is 0 Å². The first kappa shape index (κ1) is 51.8. The van der Waals surface area contributed by atoms with Gasteiger partial charge in [-0.2, -0.15) is 0 Å². The number of halogens is 1. The maximum absolute atomic E-state index is 13.9. The monoisotopic (exact) mass is 1010 g/mol. The number of hydrogen-bond acceptors (Lipinski definition) is 12. The number of carbonyl (C=O) groups is 3. The highest BCUT2D eigenvalue weighted by molar-refractivity contribution is 6.06. The Morgan fingerprint density at radius 3 is 1.41 bits per heavy atom. The number of anilines is 5. The van der Waals surface area contributed by atoms with Crippen LogP contribution in [0, 0.1) is 19.7 Å². The molecule has 9 aromatic rings. The number of nitrogens with one attached hydrogen (secondary N) is 3. The second kappa shape index (κ2) is 25.2. The van der Waals surface area contributed by atoms with E-state index in [9.17, 15) is 18.8 Å². The number of rotatable bonds is 11. The molecular weight excluding hydrogens is 946 g/mol. The Bertz CT molecular complexity index is 3400. The minimum atomic E-state index is -0.501. The summed E-state index contributed by atoms with van der Waals surface area (Å²) in [6.07, 6.45) is 8.54. The molecule has 75 heavy (non-hydrogen) atoms. The molecule has 4 heterocycles. The fourth-order valence-electron chi connectivity index (χ4n) is 7.88. The third kappa shape index (κ3) is 13.9. The van der Waals surface area contributed by atoms with Crippen molar-refractivity contribution in [3.05, 3.63) is 222 Å². The van der Waals surface area contributed by atoms with Crippen LogP contribution in [0.1, 0.15) is 77.7 Å². The van der Waals surface area contributed by atoms with E-state index in [1.165, 1.54) is 37.2 Å². The van der Waals surface area contributed by atoms with Crippen LogP contribution < -0.4 is 26.6 Å². The second-order valence-corrected chi connectivity index (χ2v) is 17.3. The summed E-state index contributed by atoms with van der Waals surface area (Å²) in [7, 11) is 0. The number of carbonyl (C=O) groups excluding carboxylic acids is 3. The standard InChI is InChI=1S/C23H24N4O.C19H17N3O2.C17H13FN4O.7H2/c1-17-22(23(28)25-19-8-4-2-5-9-19)26-21(16-24-17)18-10-12-20(13-11-18)27-14-6-3-7-15-27;1-13-18(19(24)21-16-5-3-2-4-6-16)22-17(11-20-13)15-9-7-14(12-23)8-10-15;18-13-9-5-4-8-12(13)14-10-20-16(19)15(22-14)17(23)21-11-6-2-1-3-7-11;;;;;;;/h2,4-5,8-13,16H,3,6-7,14-15H2,1H3,(H,25,28);2-11,23H,12H2,1H3,(H,21,24);1-10H,(H2,19,20)(H,21,23);7*1H. The highest BCUT2D eigenvalue weighted by Crippen LogP contribution is 2.26. The number of nitrogens with two attached hydrogens (primary N) is 1. The normalized spacial score (nSPS) is 11.7. The third-order valence-electron chi connectivity index (χ3n) is 11.9. The molecule has 1 aliphatic rings. The molecule has 6 N–H and O–H groups in total. The highest BCUT2D eigenvalue weighted by Gasteiger charge is 2.19. The van der Waals surface area contributed by atoms with E-state index < -0.39 is 11.7 Å². The van der Waals surface area contributed by atoms with Gasteiger partial charge in [0.25, 0.3) is 17.7 Å². The smallest absolute Gasteiger partial charge is 0.278 e. The summed E-state index contributed by atoms with van der Waals surface area (Å²) in [4.78, 5) is 65.7. The fraction of sp³-hybridized carbons (Fsp3) is 0.136. The van der Waals surface area contributed by atoms with Crippen LogP contribution in [0.25, 0.3) is 33.8 Å². The molecule has 0 spiro atoms. The number of aromatic nitrogens is 6. The number of aliphatic hydroxyl groups is 1. The fourth-order valence-corrected chi connectivity index (χ4v) is 7.88. The van der Waals surface area contributed by atoms with Crippen molar-refractivity contribution in [3.8, 4) is 33.8 Å². The van der Waals surface area contributed by atoms with Crippen molar-refractivity contribution in [1.82, 2.24) is 29.9 Å². The van der Waals surface area contributed by atoms with Gasteiger partial charge in [-0.05, 0) is 99.3 Å². The first-order valence-electron chi connectivity index (χ1n) is 24.2. The van der Waals surface area contributed by atoms with Gasteiger partial charge in [0, 0.05) is 62.5 Å². The SMILES string of the molecule is Cc1ncc(-c2ccc(CO)cc2)nc1C(=O)Nc1ccccc1.Cc1ncc(-c2ccc(N3CCCCC3)cc2)nc1C(=O)Nc1ccccc1.Nc1ncc(-c2ccccc2F)nc1C(=O)Nc1ccccc1.[HH].[HH].[HH].[HH].[HH].[HH].[HH]. The van der Waals surface area contributed by atoms with Gasteiger partial charge in [-0.15, -0.1) is 0 Å². The van der Waals surface area contributed by atoms with Gasteiger partial charge in [0.15, 0.2) is 11.5 Å². The number of benzene rings is 6. The summed E-state index contributed by atoms with van der Waals surface area (Å²) >= 11 is 0. The maximum Gasteiger partial charge on any atom is 0.278 e. The van der Waals surface area contributed by atoms with Crippen molar-refractivity contribution < 1.29 is 33.9 Å². The van der Waals surface area contributed by atoms with E-state index >= 15 is 0 Å². The number of para-hydroxylation sites is 3. The van der Waals surface area contributed by atoms with Crippen molar-refractivity contribution in [2.75, 3.05) is 39.7 Å². The molecule has 390 valence electrons. The van der Waals surface area contributed by atoms with Crippen LogP contribution in [0.15, 0.2) is 182 Å². The quantitative estimate of drug-likeness (QED) is 0.0818. The lowest BCUT2D eigenvalue weighted by Crippen LogP contribution is -2.29. The van der Waals surface area contributed by atoms with E-state index in [0.717, 1.165) is 35.5 Å². The van der Waals surface area contributed by atoms with Crippen LogP contribution in [-0.2, 0) is 6.61 Å². The molecule has 10 rings (SSSR count). The molecule has 0 bridgehead atoms. The molecule has 15 nitrogen and oxygen atoms in total. The van der Waals surface area contributed by atoms with E-state index in [0.29, 0.717) is 45.5 Å². The van der Waals surface area contributed by atoms with Gasteiger partial charge >= 0.3 is 0 Å². The van der Waals surface area contributed by atoms with Crippen LogP contribution in [0.3, 0.4) is 0 Å². The van der Waals surface area contributed by atoms with Crippen molar-refractivity contribution >= 4 is 46.3 Å². The minimum absolute atomic E-state index is 0. The molecule has 1 aliphatic heterocycles. The van der Waals surface area contributed by atoms with E-state index in [2.05, 4.69) is 75.0 Å². The molecule has 0 aliphatic carbocycles. The third-order valence-corrected chi connectivity index (χ3v) is 11.9. The van der Waals surface area contributed by atoms with Crippen molar-refractivity contribution in [2.45, 2.75) is 39.7 Å². The average molecular weight is 1010 g/mol. The maximum atomic E-state index is 13.9. The lowest BCUT2D eigenvalue weighted by molar-refractivity contribution is 0.101. The summed E-state index contributed by atoms with van der Waals surface area (Å²) in [6.45, 7) is 5.78. The molecule has 1 fully saturated rings. The summed E-state index contributed by atoms with van der Waals surface area (Å²) in [5, 5.41) is 17.5. The Kier molecular flexibility index (Phi) is 17.4.